The molecular formula is C23H15Br2N3O4. The lowest BCUT2D eigenvalue weighted by Gasteiger charge is -2.12. The van der Waals surface area contributed by atoms with Gasteiger partial charge in [0.25, 0.3) is 11.6 Å². The van der Waals surface area contributed by atoms with Gasteiger partial charge in [0.2, 0.25) is 0 Å². The van der Waals surface area contributed by atoms with Crippen molar-refractivity contribution in [1.29, 1.82) is 5.26 Å². The van der Waals surface area contributed by atoms with E-state index in [0.717, 1.165) is 0 Å². The number of nitro groups is 1. The number of non-ortho nitro benzene ring substituents is 1. The molecule has 0 spiro atoms. The summed E-state index contributed by atoms with van der Waals surface area (Å²) >= 11 is 6.87. The highest BCUT2D eigenvalue weighted by Crippen LogP contribution is 2.36. The molecule has 0 aliphatic rings. The van der Waals surface area contributed by atoms with Gasteiger partial charge in [-0.2, -0.15) is 5.26 Å². The predicted octanol–water partition coefficient (Wildman–Crippen LogP) is 6.20. The van der Waals surface area contributed by atoms with Gasteiger partial charge in [-0.1, -0.05) is 18.2 Å². The molecule has 0 aliphatic carbocycles. The highest BCUT2D eigenvalue weighted by molar-refractivity contribution is 9.11. The van der Waals surface area contributed by atoms with E-state index in [-0.39, 0.29) is 18.2 Å². The number of anilines is 1. The third kappa shape index (κ3) is 6.03. The molecule has 160 valence electrons. The summed E-state index contributed by atoms with van der Waals surface area (Å²) in [5.41, 5.74) is 2.22. The molecule has 3 aromatic rings. The second-order valence-corrected chi connectivity index (χ2v) is 8.20. The molecule has 0 radical (unpaired) electrons. The van der Waals surface area contributed by atoms with Crippen molar-refractivity contribution in [1.82, 2.24) is 0 Å². The van der Waals surface area contributed by atoms with E-state index in [2.05, 4.69) is 43.2 Å². The summed E-state index contributed by atoms with van der Waals surface area (Å²) in [7, 11) is 0. The van der Waals surface area contributed by atoms with Crippen LogP contribution >= 0.6 is 31.9 Å². The summed E-state index contributed by atoms with van der Waals surface area (Å²) in [6, 6.07) is 20.4. The molecule has 0 atom stereocenters. The Bertz CT molecular complexity index is 1200. The van der Waals surface area contributed by atoms with Crippen molar-refractivity contribution in [2.45, 2.75) is 0 Å². The molecule has 0 saturated carbocycles. The van der Waals surface area contributed by atoms with Gasteiger partial charge in [0.15, 0.2) is 6.61 Å². The zero-order valence-electron chi connectivity index (χ0n) is 16.4. The fourth-order valence-electron chi connectivity index (χ4n) is 2.77. The second-order valence-electron chi connectivity index (χ2n) is 6.49. The lowest BCUT2D eigenvalue weighted by molar-refractivity contribution is -0.384. The first-order valence-electron chi connectivity index (χ1n) is 9.20. The van der Waals surface area contributed by atoms with Crippen molar-refractivity contribution in [3.63, 3.8) is 0 Å². The summed E-state index contributed by atoms with van der Waals surface area (Å²) in [6.45, 7) is -0.187. The summed E-state index contributed by atoms with van der Waals surface area (Å²) in [5, 5.41) is 23.1. The molecule has 0 saturated heterocycles. The van der Waals surface area contributed by atoms with Gasteiger partial charge in [0.1, 0.15) is 5.75 Å². The lowest BCUT2D eigenvalue weighted by Crippen LogP contribution is -2.20. The maximum absolute atomic E-state index is 12.1. The molecule has 0 aliphatic heterocycles. The van der Waals surface area contributed by atoms with Gasteiger partial charge in [-0.05, 0) is 85.5 Å². The predicted molar refractivity (Wildman–Crippen MR) is 129 cm³/mol. The van der Waals surface area contributed by atoms with Gasteiger partial charge in [-0.3, -0.25) is 14.9 Å². The molecule has 0 aromatic heterocycles. The Kier molecular flexibility index (Phi) is 7.76. The smallest absolute Gasteiger partial charge is 0.269 e. The van der Waals surface area contributed by atoms with Gasteiger partial charge in [0, 0.05) is 17.8 Å². The van der Waals surface area contributed by atoms with Crippen LogP contribution in [0.4, 0.5) is 11.4 Å². The molecule has 3 rings (SSSR count). The Hall–Kier alpha value is -3.48. The van der Waals surface area contributed by atoms with E-state index in [1.807, 2.05) is 18.2 Å². The summed E-state index contributed by atoms with van der Waals surface area (Å²) in [5.74, 6) is 0.142. The summed E-state index contributed by atoms with van der Waals surface area (Å²) in [6.07, 6.45) is 1.66. The van der Waals surface area contributed by atoms with Crippen molar-refractivity contribution in [3.05, 3.63) is 96.9 Å². The van der Waals surface area contributed by atoms with E-state index in [1.54, 1.807) is 30.3 Å². The molecule has 7 nitrogen and oxygen atoms in total. The fourth-order valence-corrected chi connectivity index (χ4v) is 4.22. The van der Waals surface area contributed by atoms with E-state index < -0.39 is 4.92 Å². The van der Waals surface area contributed by atoms with Crippen LogP contribution in [0.1, 0.15) is 11.1 Å². The number of nitriles is 1. The van der Waals surface area contributed by atoms with E-state index in [4.69, 9.17) is 4.74 Å². The number of carbonyl (C=O) groups is 1. The molecule has 0 bridgehead atoms. The number of benzene rings is 3. The second kappa shape index (κ2) is 10.7. The van der Waals surface area contributed by atoms with Gasteiger partial charge in [-0.25, -0.2) is 0 Å². The molecule has 32 heavy (non-hydrogen) atoms. The molecule has 0 heterocycles. The van der Waals surface area contributed by atoms with E-state index in [9.17, 15) is 20.2 Å². The first-order chi connectivity index (χ1) is 15.4. The number of allylic oxidation sites excluding steroid dienone is 1. The highest BCUT2D eigenvalue weighted by atomic mass is 79.9. The standard InChI is InChI=1S/C23H15Br2N3O4/c24-20-11-15(10-17(13-26)16-6-8-19(9-7-16)28(30)31)12-21(25)23(20)32-14-22(29)27-18-4-2-1-3-5-18/h1-12H,14H2,(H,27,29)/b17-10+. The minimum Gasteiger partial charge on any atom is -0.481 e. The Balaban J connectivity index is 1.74. The van der Waals surface area contributed by atoms with Crippen LogP contribution in [-0.4, -0.2) is 17.4 Å². The number of carbonyl (C=O) groups excluding carboxylic acids is 1. The average Bonchev–Trinajstić information content (AvgIpc) is 2.77. The number of para-hydroxylation sites is 1. The number of ether oxygens (including phenoxy) is 1. The van der Waals surface area contributed by atoms with Crippen molar-refractivity contribution >= 4 is 60.8 Å². The van der Waals surface area contributed by atoms with Gasteiger partial charge in [0.05, 0.1) is 25.5 Å². The molecule has 9 heteroatoms. The van der Waals surface area contributed by atoms with Crippen LogP contribution < -0.4 is 10.1 Å². The topological polar surface area (TPSA) is 105 Å². The number of nitrogens with one attached hydrogen (secondary N) is 1. The molecule has 1 N–H and O–H groups in total. The first kappa shape index (κ1) is 23.2. The number of hydrogen-bond donors (Lipinski definition) is 1. The van der Waals surface area contributed by atoms with E-state index in [0.29, 0.717) is 37.1 Å². The van der Waals surface area contributed by atoms with Gasteiger partial charge in [-0.15, -0.1) is 0 Å². The van der Waals surface area contributed by atoms with Crippen LogP contribution in [0.15, 0.2) is 75.7 Å². The van der Waals surface area contributed by atoms with Crippen molar-refractivity contribution in [2.75, 3.05) is 11.9 Å². The van der Waals surface area contributed by atoms with Crippen LogP contribution in [0.3, 0.4) is 0 Å². The molecule has 0 unspecified atom stereocenters. The zero-order chi connectivity index (χ0) is 23.1. The van der Waals surface area contributed by atoms with Gasteiger partial charge >= 0.3 is 0 Å². The van der Waals surface area contributed by atoms with Gasteiger partial charge < -0.3 is 10.1 Å². The maximum atomic E-state index is 12.1. The Labute approximate surface area is 200 Å². The van der Waals surface area contributed by atoms with Crippen molar-refractivity contribution < 1.29 is 14.5 Å². The van der Waals surface area contributed by atoms with Crippen LogP contribution in [0.5, 0.6) is 5.75 Å². The van der Waals surface area contributed by atoms with E-state index >= 15 is 0 Å². The Morgan fingerprint density at radius 1 is 1.09 bits per heavy atom. The number of nitrogens with zero attached hydrogens (tertiary/aromatic N) is 2. The molecule has 0 fully saturated rings. The molecule has 1 amide bonds. The van der Waals surface area contributed by atoms with Crippen LogP contribution in [-0.2, 0) is 4.79 Å². The average molecular weight is 557 g/mol. The highest BCUT2D eigenvalue weighted by Gasteiger charge is 2.12. The first-order valence-corrected chi connectivity index (χ1v) is 10.8. The number of halogens is 2. The normalized spacial score (nSPS) is 10.8. The lowest BCUT2D eigenvalue weighted by atomic mass is 10.0. The zero-order valence-corrected chi connectivity index (χ0v) is 19.6. The van der Waals surface area contributed by atoms with E-state index in [1.165, 1.54) is 24.3 Å². The van der Waals surface area contributed by atoms with Crippen LogP contribution in [0, 0.1) is 21.4 Å². The number of nitro benzene ring substituents is 1. The Morgan fingerprint density at radius 2 is 1.72 bits per heavy atom. The number of hydrogen-bond acceptors (Lipinski definition) is 5. The largest absolute Gasteiger partial charge is 0.481 e. The third-order valence-electron chi connectivity index (χ3n) is 4.25. The quantitative estimate of drug-likeness (QED) is 0.161. The molecular weight excluding hydrogens is 542 g/mol. The summed E-state index contributed by atoms with van der Waals surface area (Å²) in [4.78, 5) is 22.4. The van der Waals surface area contributed by atoms with Crippen LogP contribution in [0.2, 0.25) is 0 Å². The minimum absolute atomic E-state index is 0.0469. The molecule has 3 aromatic carbocycles. The van der Waals surface area contributed by atoms with Crippen molar-refractivity contribution in [2.24, 2.45) is 0 Å². The monoisotopic (exact) mass is 555 g/mol. The van der Waals surface area contributed by atoms with Crippen LogP contribution in [0.25, 0.3) is 11.6 Å². The van der Waals surface area contributed by atoms with Crippen molar-refractivity contribution in [3.8, 4) is 11.8 Å². The fraction of sp³-hybridized carbons (Fsp3) is 0.0435. The minimum atomic E-state index is -0.493. The summed E-state index contributed by atoms with van der Waals surface area (Å²) < 4.78 is 6.83. The maximum Gasteiger partial charge on any atom is 0.269 e. The number of amides is 1. The third-order valence-corrected chi connectivity index (χ3v) is 5.42. The SMILES string of the molecule is N#C/C(=C\c1cc(Br)c(OCC(=O)Nc2ccccc2)c(Br)c1)c1ccc([N+](=O)[O-])cc1. The number of rotatable bonds is 7. The Morgan fingerprint density at radius 3 is 2.28 bits per heavy atom.